The van der Waals surface area contributed by atoms with Gasteiger partial charge in [0, 0.05) is 19.6 Å². The summed E-state index contributed by atoms with van der Waals surface area (Å²) in [6, 6.07) is 9.55. The van der Waals surface area contributed by atoms with Gasteiger partial charge in [0.05, 0.1) is 11.4 Å². The molecule has 0 unspecified atom stereocenters. The summed E-state index contributed by atoms with van der Waals surface area (Å²) < 4.78 is 10.7. The third-order valence-corrected chi connectivity index (χ3v) is 4.75. The highest BCUT2D eigenvalue weighted by molar-refractivity contribution is 14.0. The second-order valence-corrected chi connectivity index (χ2v) is 6.84. The zero-order valence-corrected chi connectivity index (χ0v) is 18.8. The number of guanidine groups is 1. The lowest BCUT2D eigenvalue weighted by Gasteiger charge is -2.11. The first-order valence-electron chi connectivity index (χ1n) is 8.98. The van der Waals surface area contributed by atoms with Gasteiger partial charge >= 0.3 is 0 Å². The van der Waals surface area contributed by atoms with E-state index < -0.39 is 0 Å². The molecule has 1 aromatic carbocycles. The average Bonchev–Trinajstić information content (AvgIpc) is 3.36. The van der Waals surface area contributed by atoms with Crippen LogP contribution in [0.2, 0.25) is 0 Å². The first kappa shape index (κ1) is 22.3. The molecule has 1 amide bonds. The molecule has 152 valence electrons. The SMILES string of the molecule is CCNC(=NCc1ccc2c(c1)OCO2)NCCCNC(=O)c1cccs1.I. The number of nitrogens with zero attached hydrogens (tertiary/aromatic N) is 1. The molecule has 0 saturated heterocycles. The highest BCUT2D eigenvalue weighted by Gasteiger charge is 2.13. The smallest absolute Gasteiger partial charge is 0.261 e. The van der Waals surface area contributed by atoms with Gasteiger partial charge in [-0.25, -0.2) is 4.99 Å². The number of fused-ring (bicyclic) bond motifs is 1. The van der Waals surface area contributed by atoms with Crippen LogP contribution in [0, 0.1) is 0 Å². The number of rotatable bonds is 8. The number of ether oxygens (including phenoxy) is 2. The van der Waals surface area contributed by atoms with Crippen LogP contribution in [0.4, 0.5) is 0 Å². The molecule has 0 fully saturated rings. The highest BCUT2D eigenvalue weighted by atomic mass is 127. The molecule has 0 atom stereocenters. The fourth-order valence-electron chi connectivity index (χ4n) is 2.54. The topological polar surface area (TPSA) is 84.0 Å². The summed E-state index contributed by atoms with van der Waals surface area (Å²) >= 11 is 1.44. The number of aliphatic imine (C=N–C) groups is 1. The van der Waals surface area contributed by atoms with E-state index in [-0.39, 0.29) is 36.7 Å². The van der Waals surface area contributed by atoms with Crippen LogP contribution in [-0.4, -0.2) is 38.3 Å². The van der Waals surface area contributed by atoms with Crippen molar-refractivity contribution in [2.45, 2.75) is 19.9 Å². The van der Waals surface area contributed by atoms with E-state index in [0.717, 1.165) is 47.4 Å². The lowest BCUT2D eigenvalue weighted by Crippen LogP contribution is -2.38. The van der Waals surface area contributed by atoms with Gasteiger partial charge in [-0.15, -0.1) is 35.3 Å². The summed E-state index contributed by atoms with van der Waals surface area (Å²) in [6.07, 6.45) is 0.811. The summed E-state index contributed by atoms with van der Waals surface area (Å²) in [4.78, 5) is 17.2. The summed E-state index contributed by atoms with van der Waals surface area (Å²) in [6.45, 7) is 4.96. The maximum Gasteiger partial charge on any atom is 0.261 e. The Labute approximate surface area is 185 Å². The number of carbonyl (C=O) groups excluding carboxylic acids is 1. The van der Waals surface area contributed by atoms with Crippen molar-refractivity contribution in [3.63, 3.8) is 0 Å². The zero-order valence-electron chi connectivity index (χ0n) is 15.7. The van der Waals surface area contributed by atoms with Crippen molar-refractivity contribution in [2.75, 3.05) is 26.4 Å². The lowest BCUT2D eigenvalue weighted by molar-refractivity contribution is 0.0957. The van der Waals surface area contributed by atoms with Crippen LogP contribution in [0.15, 0.2) is 40.7 Å². The van der Waals surface area contributed by atoms with Crippen molar-refractivity contribution < 1.29 is 14.3 Å². The number of hydrogen-bond donors (Lipinski definition) is 3. The molecule has 1 aliphatic rings. The molecule has 0 aliphatic carbocycles. The molecule has 3 rings (SSSR count). The Bertz CT molecular complexity index is 783. The number of benzene rings is 1. The predicted octanol–water partition coefficient (Wildman–Crippen LogP) is 2.97. The molecule has 2 aromatic rings. The first-order chi connectivity index (χ1) is 13.3. The second kappa shape index (κ2) is 11.7. The average molecular weight is 516 g/mol. The van der Waals surface area contributed by atoms with E-state index in [0.29, 0.717) is 13.1 Å². The molecule has 2 heterocycles. The van der Waals surface area contributed by atoms with Crippen molar-refractivity contribution in [3.8, 4) is 11.5 Å². The fourth-order valence-corrected chi connectivity index (χ4v) is 3.18. The minimum absolute atomic E-state index is 0. The van der Waals surface area contributed by atoms with Crippen LogP contribution in [0.5, 0.6) is 11.5 Å². The van der Waals surface area contributed by atoms with Crippen molar-refractivity contribution in [1.29, 1.82) is 0 Å². The molecule has 0 spiro atoms. The largest absolute Gasteiger partial charge is 0.454 e. The van der Waals surface area contributed by atoms with Gasteiger partial charge in [-0.2, -0.15) is 0 Å². The van der Waals surface area contributed by atoms with Gasteiger partial charge < -0.3 is 25.4 Å². The molecular weight excluding hydrogens is 491 g/mol. The zero-order chi connectivity index (χ0) is 18.9. The van der Waals surface area contributed by atoms with Gasteiger partial charge in [-0.1, -0.05) is 12.1 Å². The number of nitrogens with one attached hydrogen (secondary N) is 3. The van der Waals surface area contributed by atoms with E-state index in [4.69, 9.17) is 9.47 Å². The van der Waals surface area contributed by atoms with Gasteiger partial charge in [-0.3, -0.25) is 4.79 Å². The number of hydrogen-bond acceptors (Lipinski definition) is 5. The van der Waals surface area contributed by atoms with E-state index in [1.165, 1.54) is 11.3 Å². The minimum Gasteiger partial charge on any atom is -0.454 e. The molecule has 0 radical (unpaired) electrons. The predicted molar refractivity (Wildman–Crippen MR) is 122 cm³/mol. The van der Waals surface area contributed by atoms with Crippen LogP contribution >= 0.6 is 35.3 Å². The summed E-state index contributed by atoms with van der Waals surface area (Å²) in [5.41, 5.74) is 1.06. The Hall–Kier alpha value is -2.01. The summed E-state index contributed by atoms with van der Waals surface area (Å²) in [5, 5.41) is 11.3. The molecular formula is C19H25IN4O3S. The van der Waals surface area contributed by atoms with E-state index >= 15 is 0 Å². The fraction of sp³-hybridized carbons (Fsp3) is 0.368. The Balaban J connectivity index is 0.00000280. The van der Waals surface area contributed by atoms with Crippen molar-refractivity contribution in [2.24, 2.45) is 4.99 Å². The number of carbonyl (C=O) groups is 1. The summed E-state index contributed by atoms with van der Waals surface area (Å²) in [5.74, 6) is 2.27. The van der Waals surface area contributed by atoms with Crippen molar-refractivity contribution >= 4 is 47.2 Å². The maximum atomic E-state index is 11.9. The second-order valence-electron chi connectivity index (χ2n) is 5.90. The van der Waals surface area contributed by atoms with Gasteiger partial charge in [0.2, 0.25) is 6.79 Å². The monoisotopic (exact) mass is 516 g/mol. The Morgan fingerprint density at radius 2 is 1.96 bits per heavy atom. The Morgan fingerprint density at radius 1 is 1.14 bits per heavy atom. The molecule has 28 heavy (non-hydrogen) atoms. The first-order valence-corrected chi connectivity index (χ1v) is 9.86. The van der Waals surface area contributed by atoms with Crippen molar-refractivity contribution in [3.05, 3.63) is 46.2 Å². The normalized spacial score (nSPS) is 12.2. The van der Waals surface area contributed by atoms with E-state index in [9.17, 15) is 4.79 Å². The number of thiophene rings is 1. The van der Waals surface area contributed by atoms with Crippen LogP contribution in [0.1, 0.15) is 28.6 Å². The third kappa shape index (κ3) is 6.55. The van der Waals surface area contributed by atoms with Crippen LogP contribution in [0.25, 0.3) is 0 Å². The van der Waals surface area contributed by atoms with Crippen LogP contribution < -0.4 is 25.4 Å². The molecule has 0 saturated carbocycles. The summed E-state index contributed by atoms with van der Waals surface area (Å²) in [7, 11) is 0. The molecule has 0 bridgehead atoms. The van der Waals surface area contributed by atoms with Gasteiger partial charge in [0.25, 0.3) is 5.91 Å². The molecule has 3 N–H and O–H groups in total. The molecule has 1 aromatic heterocycles. The van der Waals surface area contributed by atoms with Gasteiger partial charge in [0.15, 0.2) is 17.5 Å². The molecule has 9 heteroatoms. The quantitative estimate of drug-likeness (QED) is 0.218. The Morgan fingerprint density at radius 3 is 2.75 bits per heavy atom. The van der Waals surface area contributed by atoms with Gasteiger partial charge in [0.1, 0.15) is 0 Å². The van der Waals surface area contributed by atoms with Gasteiger partial charge in [-0.05, 0) is 42.5 Å². The molecule has 1 aliphatic heterocycles. The maximum absolute atomic E-state index is 11.9. The minimum atomic E-state index is -0.0200. The van der Waals surface area contributed by atoms with E-state index in [2.05, 4.69) is 20.9 Å². The number of halogens is 1. The van der Waals surface area contributed by atoms with E-state index in [1.54, 1.807) is 0 Å². The van der Waals surface area contributed by atoms with E-state index in [1.807, 2.05) is 42.6 Å². The highest BCUT2D eigenvalue weighted by Crippen LogP contribution is 2.32. The Kier molecular flexibility index (Phi) is 9.35. The van der Waals surface area contributed by atoms with Crippen molar-refractivity contribution in [1.82, 2.24) is 16.0 Å². The molecule has 7 nitrogen and oxygen atoms in total. The van der Waals surface area contributed by atoms with Crippen LogP contribution in [-0.2, 0) is 6.54 Å². The van der Waals surface area contributed by atoms with Crippen LogP contribution in [0.3, 0.4) is 0 Å². The number of amides is 1. The standard InChI is InChI=1S/C19H24N4O3S.HI/c1-2-20-19(22-9-4-8-21-18(24)17-5-3-10-27-17)23-12-14-6-7-15-16(11-14)26-13-25-15;/h3,5-7,10-11H,2,4,8-9,12-13H2,1H3,(H,21,24)(H2,20,22,23);1H. The third-order valence-electron chi connectivity index (χ3n) is 3.88. The lowest BCUT2D eigenvalue weighted by atomic mass is 10.2.